The molecule has 2 aromatic heterocycles. The van der Waals surface area contributed by atoms with Gasteiger partial charge in [0.1, 0.15) is 5.69 Å². The number of likely N-dealkylation sites (tertiary alicyclic amines) is 1. The molecule has 5 nitrogen and oxygen atoms in total. The normalized spacial score (nSPS) is 16.4. The number of nitrogens with zero attached hydrogens (tertiary/aromatic N) is 3. The molecule has 1 atom stereocenters. The van der Waals surface area contributed by atoms with Crippen molar-refractivity contribution < 1.29 is 4.79 Å². The van der Waals surface area contributed by atoms with Crippen molar-refractivity contribution >= 4 is 5.91 Å². The van der Waals surface area contributed by atoms with E-state index in [9.17, 15) is 4.79 Å². The van der Waals surface area contributed by atoms with Gasteiger partial charge in [-0.25, -0.2) is 0 Å². The summed E-state index contributed by atoms with van der Waals surface area (Å²) in [6, 6.07) is 8.07. The quantitative estimate of drug-likeness (QED) is 0.891. The molecule has 1 saturated heterocycles. The van der Waals surface area contributed by atoms with Crippen LogP contribution in [0.15, 0.2) is 42.9 Å². The highest BCUT2D eigenvalue weighted by Crippen LogP contribution is 2.14. The summed E-state index contributed by atoms with van der Waals surface area (Å²) >= 11 is 0. The molecule has 0 unspecified atom stereocenters. The molecule has 0 bridgehead atoms. The topological polar surface area (TPSA) is 50.2 Å². The number of pyridine rings is 1. The van der Waals surface area contributed by atoms with Crippen molar-refractivity contribution in [3.8, 4) is 5.69 Å². The van der Waals surface area contributed by atoms with Gasteiger partial charge in [0.25, 0.3) is 5.91 Å². The van der Waals surface area contributed by atoms with Crippen LogP contribution in [0, 0.1) is 0 Å². The third kappa shape index (κ3) is 3.79. The first-order valence-corrected chi connectivity index (χ1v) is 8.36. The molecule has 2 aromatic rings. The molecule has 3 rings (SSSR count). The van der Waals surface area contributed by atoms with Crippen LogP contribution in [0.25, 0.3) is 5.69 Å². The Bertz CT molecular complexity index is 631. The smallest absolute Gasteiger partial charge is 0.268 e. The van der Waals surface area contributed by atoms with Crippen molar-refractivity contribution in [2.75, 3.05) is 19.6 Å². The van der Waals surface area contributed by atoms with E-state index in [2.05, 4.69) is 22.1 Å². The van der Waals surface area contributed by atoms with Gasteiger partial charge in [0, 0.05) is 25.0 Å². The molecule has 0 saturated carbocycles. The van der Waals surface area contributed by atoms with E-state index in [0.29, 0.717) is 18.3 Å². The molecular weight excluding hydrogens is 288 g/mol. The third-order valence-electron chi connectivity index (χ3n) is 4.52. The summed E-state index contributed by atoms with van der Waals surface area (Å²) in [6.07, 6.45) is 8.96. The molecule has 1 aliphatic rings. The zero-order chi connectivity index (χ0) is 16.1. The fraction of sp³-hybridized carbons (Fsp3) is 0.444. The molecule has 5 heteroatoms. The fourth-order valence-corrected chi connectivity index (χ4v) is 3.14. The first-order chi connectivity index (χ1) is 11.3. The lowest BCUT2D eigenvalue weighted by molar-refractivity contribution is 0.0942. The molecular formula is C18H24N4O. The predicted octanol–water partition coefficient (Wildman–Crippen LogP) is 2.48. The van der Waals surface area contributed by atoms with E-state index in [1.54, 1.807) is 12.4 Å². The van der Waals surface area contributed by atoms with E-state index in [1.807, 2.05) is 35.0 Å². The average molecular weight is 312 g/mol. The summed E-state index contributed by atoms with van der Waals surface area (Å²) in [5.74, 6) is -0.0347. The van der Waals surface area contributed by atoms with E-state index < -0.39 is 0 Å². The minimum atomic E-state index is -0.0347. The Morgan fingerprint density at radius 2 is 2.13 bits per heavy atom. The second-order valence-corrected chi connectivity index (χ2v) is 6.11. The third-order valence-corrected chi connectivity index (χ3v) is 4.52. The number of carbonyl (C=O) groups excluding carboxylic acids is 1. The van der Waals surface area contributed by atoms with Gasteiger partial charge in [-0.15, -0.1) is 0 Å². The van der Waals surface area contributed by atoms with Crippen molar-refractivity contribution in [1.82, 2.24) is 19.8 Å². The van der Waals surface area contributed by atoms with Crippen LogP contribution < -0.4 is 5.32 Å². The van der Waals surface area contributed by atoms with E-state index in [4.69, 9.17) is 0 Å². The Morgan fingerprint density at radius 3 is 2.87 bits per heavy atom. The summed E-state index contributed by atoms with van der Waals surface area (Å²) in [5.41, 5.74) is 1.54. The molecule has 23 heavy (non-hydrogen) atoms. The van der Waals surface area contributed by atoms with Gasteiger partial charge in [-0.05, 0) is 63.5 Å². The van der Waals surface area contributed by atoms with E-state index in [1.165, 1.54) is 25.9 Å². The maximum absolute atomic E-state index is 12.4. The summed E-state index contributed by atoms with van der Waals surface area (Å²) in [4.78, 5) is 19.1. The van der Waals surface area contributed by atoms with E-state index in [0.717, 1.165) is 12.1 Å². The number of hydrogen-bond donors (Lipinski definition) is 1. The second kappa shape index (κ2) is 7.42. The van der Waals surface area contributed by atoms with Gasteiger partial charge in [-0.2, -0.15) is 0 Å². The number of amides is 1. The minimum Gasteiger partial charge on any atom is -0.351 e. The Kier molecular flexibility index (Phi) is 5.08. The number of aromatic nitrogens is 2. The molecule has 0 aromatic carbocycles. The lowest BCUT2D eigenvalue weighted by atomic mass is 10.2. The maximum Gasteiger partial charge on any atom is 0.268 e. The molecule has 1 N–H and O–H groups in total. The van der Waals surface area contributed by atoms with Gasteiger partial charge in [-0.1, -0.05) is 0 Å². The lowest BCUT2D eigenvalue weighted by Crippen LogP contribution is -2.35. The van der Waals surface area contributed by atoms with E-state index in [-0.39, 0.29) is 5.91 Å². The molecule has 0 spiro atoms. The van der Waals surface area contributed by atoms with Crippen molar-refractivity contribution in [2.45, 2.75) is 32.2 Å². The molecule has 122 valence electrons. The number of carbonyl (C=O) groups is 1. The second-order valence-electron chi connectivity index (χ2n) is 6.11. The molecule has 0 radical (unpaired) electrons. The first kappa shape index (κ1) is 15.7. The van der Waals surface area contributed by atoms with Crippen molar-refractivity contribution in [1.29, 1.82) is 0 Å². The number of hydrogen-bond acceptors (Lipinski definition) is 3. The van der Waals surface area contributed by atoms with Crippen molar-refractivity contribution in [3.63, 3.8) is 0 Å². The number of rotatable bonds is 6. The van der Waals surface area contributed by atoms with Gasteiger partial charge < -0.3 is 14.8 Å². The van der Waals surface area contributed by atoms with Crippen molar-refractivity contribution in [2.24, 2.45) is 0 Å². The van der Waals surface area contributed by atoms with Crippen LogP contribution in [-0.4, -0.2) is 46.0 Å². The molecule has 1 amide bonds. The van der Waals surface area contributed by atoms with Gasteiger partial charge in [-0.3, -0.25) is 9.78 Å². The molecule has 0 aliphatic carbocycles. The van der Waals surface area contributed by atoms with Crippen LogP contribution in [0.4, 0.5) is 0 Å². The first-order valence-electron chi connectivity index (χ1n) is 8.36. The largest absolute Gasteiger partial charge is 0.351 e. The Morgan fingerprint density at radius 1 is 1.30 bits per heavy atom. The van der Waals surface area contributed by atoms with Gasteiger partial charge in [0.05, 0.1) is 11.9 Å². The zero-order valence-electron chi connectivity index (χ0n) is 13.6. The summed E-state index contributed by atoms with van der Waals surface area (Å²) in [6.45, 7) is 5.34. The molecule has 1 aliphatic heterocycles. The van der Waals surface area contributed by atoms with Gasteiger partial charge in [0.2, 0.25) is 0 Å². The maximum atomic E-state index is 12.4. The Hall–Kier alpha value is -2.14. The van der Waals surface area contributed by atoms with Crippen LogP contribution in [0.2, 0.25) is 0 Å². The van der Waals surface area contributed by atoms with Gasteiger partial charge >= 0.3 is 0 Å². The lowest BCUT2D eigenvalue weighted by Gasteiger charge is -2.23. The number of nitrogens with one attached hydrogen (secondary N) is 1. The standard InChI is InChI=1S/C18H24N4O/c1-15(21-11-2-3-12-21)8-10-20-18(23)17-7-5-13-22(17)16-6-4-9-19-14-16/h4-7,9,13-15H,2-3,8,10-12H2,1H3,(H,20,23)/t15-/m0/s1. The Labute approximate surface area is 137 Å². The van der Waals surface area contributed by atoms with E-state index >= 15 is 0 Å². The van der Waals surface area contributed by atoms with Crippen molar-refractivity contribution in [3.05, 3.63) is 48.5 Å². The Balaban J connectivity index is 1.56. The molecule has 3 heterocycles. The van der Waals surface area contributed by atoms with Crippen LogP contribution in [0.1, 0.15) is 36.7 Å². The monoisotopic (exact) mass is 312 g/mol. The fourth-order valence-electron chi connectivity index (χ4n) is 3.14. The highest BCUT2D eigenvalue weighted by molar-refractivity contribution is 5.93. The van der Waals surface area contributed by atoms with Crippen LogP contribution in [-0.2, 0) is 0 Å². The van der Waals surface area contributed by atoms with Crippen LogP contribution in [0.5, 0.6) is 0 Å². The minimum absolute atomic E-state index is 0.0347. The summed E-state index contributed by atoms with van der Waals surface area (Å²) in [5, 5.41) is 3.04. The highest BCUT2D eigenvalue weighted by Gasteiger charge is 2.18. The van der Waals surface area contributed by atoms with Crippen LogP contribution in [0.3, 0.4) is 0 Å². The summed E-state index contributed by atoms with van der Waals surface area (Å²) < 4.78 is 1.87. The zero-order valence-corrected chi connectivity index (χ0v) is 13.6. The SMILES string of the molecule is C[C@@H](CCNC(=O)c1cccn1-c1cccnc1)N1CCCC1. The predicted molar refractivity (Wildman–Crippen MR) is 90.8 cm³/mol. The highest BCUT2D eigenvalue weighted by atomic mass is 16.1. The van der Waals surface area contributed by atoms with Gasteiger partial charge in [0.15, 0.2) is 0 Å². The molecule has 1 fully saturated rings. The summed E-state index contributed by atoms with van der Waals surface area (Å²) in [7, 11) is 0. The average Bonchev–Trinajstić information content (AvgIpc) is 3.27. The van der Waals surface area contributed by atoms with Crippen LogP contribution >= 0.6 is 0 Å².